The van der Waals surface area contributed by atoms with E-state index in [-0.39, 0.29) is 30.4 Å². The zero-order valence-corrected chi connectivity index (χ0v) is 21.4. The molecule has 2 aromatic heterocycles. The number of hydrogen-bond donors (Lipinski definition) is 3. The van der Waals surface area contributed by atoms with Crippen molar-refractivity contribution in [3.8, 4) is 22.5 Å². The van der Waals surface area contributed by atoms with E-state index in [2.05, 4.69) is 25.6 Å². The number of carbonyl (C=O) groups excluding carboxylic acids is 2. The van der Waals surface area contributed by atoms with Crippen LogP contribution in [0, 0.1) is 6.92 Å². The van der Waals surface area contributed by atoms with Gasteiger partial charge in [-0.1, -0.05) is 31.2 Å². The number of benzene rings is 2. The van der Waals surface area contributed by atoms with E-state index in [9.17, 15) is 14.7 Å². The number of anilines is 1. The summed E-state index contributed by atoms with van der Waals surface area (Å²) in [6.07, 6.45) is 5.17. The average Bonchev–Trinajstić information content (AvgIpc) is 3.52. The van der Waals surface area contributed by atoms with Gasteiger partial charge < -0.3 is 15.7 Å². The minimum absolute atomic E-state index is 0.0353. The summed E-state index contributed by atoms with van der Waals surface area (Å²) in [5, 5.41) is 17.6. The third kappa shape index (κ3) is 5.28. The monoisotopic (exact) mass is 513 g/mol. The lowest BCUT2D eigenvalue weighted by molar-refractivity contribution is -0.115. The van der Waals surface area contributed by atoms with Gasteiger partial charge >= 0.3 is 0 Å². The fraction of sp³-hybridized carbons (Fsp3) is 0.250. The number of carbonyl (C=O) groups is 2. The molecule has 1 aliphatic rings. The van der Waals surface area contributed by atoms with Gasteiger partial charge in [0.15, 0.2) is 5.13 Å². The second-order valence-electron chi connectivity index (χ2n) is 9.49. The van der Waals surface area contributed by atoms with Crippen LogP contribution in [0.4, 0.5) is 5.13 Å². The number of aliphatic hydroxyl groups is 1. The highest BCUT2D eigenvalue weighted by molar-refractivity contribution is 7.14. The Kier molecular flexibility index (Phi) is 6.82. The second-order valence-corrected chi connectivity index (χ2v) is 10.3. The fourth-order valence-electron chi connectivity index (χ4n) is 4.54. The first kappa shape index (κ1) is 24.7. The Balaban J connectivity index is 1.21. The first-order valence-corrected chi connectivity index (χ1v) is 12.9. The SMILES string of the molecule is Cc1cncc(-c2cccc(-c3csc(NC(=O)CNC(=O)c4ccc5c(c4)[C@](C)(CO)CC5)n3)c2)n1. The van der Waals surface area contributed by atoms with Crippen LogP contribution in [0.3, 0.4) is 0 Å². The van der Waals surface area contributed by atoms with Crippen LogP contribution in [-0.4, -0.2) is 45.0 Å². The highest BCUT2D eigenvalue weighted by atomic mass is 32.1. The van der Waals surface area contributed by atoms with Gasteiger partial charge in [0, 0.05) is 33.7 Å². The van der Waals surface area contributed by atoms with Gasteiger partial charge in [0.1, 0.15) is 0 Å². The van der Waals surface area contributed by atoms with Gasteiger partial charge in [0.05, 0.1) is 36.4 Å². The molecule has 1 aliphatic carbocycles. The Hall–Kier alpha value is -3.95. The molecule has 0 bridgehead atoms. The van der Waals surface area contributed by atoms with Crippen molar-refractivity contribution >= 4 is 28.3 Å². The van der Waals surface area contributed by atoms with Gasteiger partial charge in [-0.05, 0) is 49.1 Å². The van der Waals surface area contributed by atoms with Gasteiger partial charge in [-0.3, -0.25) is 14.6 Å². The van der Waals surface area contributed by atoms with E-state index >= 15 is 0 Å². The number of fused-ring (bicyclic) bond motifs is 1. The number of hydrogen-bond acceptors (Lipinski definition) is 7. The van der Waals surface area contributed by atoms with E-state index in [1.807, 2.05) is 55.6 Å². The average molecular weight is 514 g/mol. The lowest BCUT2D eigenvalue weighted by Crippen LogP contribution is -2.33. The van der Waals surface area contributed by atoms with Gasteiger partial charge in [-0.2, -0.15) is 0 Å². The van der Waals surface area contributed by atoms with Crippen LogP contribution >= 0.6 is 11.3 Å². The third-order valence-corrected chi connectivity index (χ3v) is 7.44. The van der Waals surface area contributed by atoms with Crippen LogP contribution in [0.25, 0.3) is 22.5 Å². The Morgan fingerprint density at radius 2 is 1.89 bits per heavy atom. The fourth-order valence-corrected chi connectivity index (χ4v) is 5.27. The van der Waals surface area contributed by atoms with Crippen LogP contribution in [0.15, 0.2) is 60.2 Å². The first-order valence-electron chi connectivity index (χ1n) is 12.0. The Bertz CT molecular complexity index is 1480. The maximum absolute atomic E-state index is 12.7. The first-order chi connectivity index (χ1) is 17.8. The van der Waals surface area contributed by atoms with Crippen LogP contribution in [0.1, 0.15) is 40.5 Å². The number of aliphatic hydroxyl groups excluding tert-OH is 1. The minimum Gasteiger partial charge on any atom is -0.395 e. The van der Waals surface area contributed by atoms with E-state index < -0.39 is 0 Å². The maximum atomic E-state index is 12.7. The number of aryl methyl sites for hydroxylation is 2. The van der Waals surface area contributed by atoms with Crippen molar-refractivity contribution in [1.29, 1.82) is 0 Å². The second kappa shape index (κ2) is 10.2. The number of rotatable bonds is 7. The molecule has 2 heterocycles. The molecule has 0 saturated heterocycles. The summed E-state index contributed by atoms with van der Waals surface area (Å²) >= 11 is 1.32. The van der Waals surface area contributed by atoms with E-state index in [0.29, 0.717) is 10.7 Å². The summed E-state index contributed by atoms with van der Waals surface area (Å²) in [5.41, 5.74) is 6.49. The number of nitrogens with zero attached hydrogens (tertiary/aromatic N) is 3. The van der Waals surface area contributed by atoms with Crippen molar-refractivity contribution in [3.05, 3.63) is 82.6 Å². The molecule has 0 spiro atoms. The Morgan fingerprint density at radius 3 is 2.68 bits per heavy atom. The number of nitrogens with one attached hydrogen (secondary N) is 2. The smallest absolute Gasteiger partial charge is 0.251 e. The highest BCUT2D eigenvalue weighted by Gasteiger charge is 2.34. The number of thiazole rings is 1. The van der Waals surface area contributed by atoms with Crippen molar-refractivity contribution in [2.24, 2.45) is 0 Å². The molecule has 2 amide bonds. The molecule has 5 rings (SSSR count). The van der Waals surface area contributed by atoms with Gasteiger partial charge in [-0.15, -0.1) is 11.3 Å². The van der Waals surface area contributed by atoms with Gasteiger partial charge in [-0.25, -0.2) is 9.97 Å². The molecule has 3 N–H and O–H groups in total. The van der Waals surface area contributed by atoms with E-state index in [1.54, 1.807) is 18.5 Å². The molecule has 2 aromatic carbocycles. The van der Waals surface area contributed by atoms with Crippen LogP contribution in [0.5, 0.6) is 0 Å². The van der Waals surface area contributed by atoms with Gasteiger partial charge in [0.2, 0.25) is 5.91 Å². The molecule has 0 saturated carbocycles. The third-order valence-electron chi connectivity index (χ3n) is 6.69. The van der Waals surface area contributed by atoms with Crippen molar-refractivity contribution in [1.82, 2.24) is 20.3 Å². The topological polar surface area (TPSA) is 117 Å². The molecule has 188 valence electrons. The largest absolute Gasteiger partial charge is 0.395 e. The summed E-state index contributed by atoms with van der Waals surface area (Å²) in [4.78, 5) is 38.5. The summed E-state index contributed by atoms with van der Waals surface area (Å²) < 4.78 is 0. The van der Waals surface area contributed by atoms with Crippen LogP contribution in [0.2, 0.25) is 0 Å². The standard InChI is InChI=1S/C28H27N5O3S/c1-17-12-29-13-23(31-17)19-4-3-5-20(10-19)24-15-37-27(32-24)33-25(35)14-30-26(36)21-7-6-18-8-9-28(2,16-34)22(18)11-21/h3-7,10-13,15,34H,8-9,14,16H2,1-2H3,(H,30,36)(H,32,33,35)/t28-/m0/s1. The van der Waals surface area contributed by atoms with E-state index in [4.69, 9.17) is 0 Å². The predicted molar refractivity (Wildman–Crippen MR) is 143 cm³/mol. The van der Waals surface area contributed by atoms with Crippen molar-refractivity contribution < 1.29 is 14.7 Å². The zero-order valence-electron chi connectivity index (χ0n) is 20.6. The molecule has 0 radical (unpaired) electrons. The van der Waals surface area contributed by atoms with Crippen LogP contribution in [-0.2, 0) is 16.6 Å². The van der Waals surface area contributed by atoms with Crippen molar-refractivity contribution in [2.45, 2.75) is 32.1 Å². The molecule has 0 aliphatic heterocycles. The normalized spacial score (nSPS) is 16.3. The molecule has 8 nitrogen and oxygen atoms in total. The minimum atomic E-state index is -0.362. The van der Waals surface area contributed by atoms with Crippen molar-refractivity contribution in [3.63, 3.8) is 0 Å². The lowest BCUT2D eigenvalue weighted by Gasteiger charge is -2.22. The summed E-state index contributed by atoms with van der Waals surface area (Å²) in [5.74, 6) is -0.694. The molecule has 0 fully saturated rings. The molecular formula is C28H27N5O3S. The Morgan fingerprint density at radius 1 is 1.08 bits per heavy atom. The Labute approximate surface area is 218 Å². The molecule has 0 unspecified atom stereocenters. The molecule has 1 atom stereocenters. The number of aromatic nitrogens is 3. The lowest BCUT2D eigenvalue weighted by atomic mass is 9.84. The molecule has 9 heteroatoms. The highest BCUT2D eigenvalue weighted by Crippen LogP contribution is 2.38. The molecular weight excluding hydrogens is 486 g/mol. The van der Waals surface area contributed by atoms with E-state index in [0.717, 1.165) is 52.2 Å². The summed E-state index contributed by atoms with van der Waals surface area (Å²) in [6.45, 7) is 3.76. The summed E-state index contributed by atoms with van der Waals surface area (Å²) in [6, 6.07) is 13.4. The molecule has 37 heavy (non-hydrogen) atoms. The van der Waals surface area contributed by atoms with E-state index in [1.165, 1.54) is 11.3 Å². The van der Waals surface area contributed by atoms with Crippen LogP contribution < -0.4 is 10.6 Å². The quantitative estimate of drug-likeness (QED) is 0.342. The maximum Gasteiger partial charge on any atom is 0.251 e. The summed E-state index contributed by atoms with van der Waals surface area (Å²) in [7, 11) is 0. The predicted octanol–water partition coefficient (Wildman–Crippen LogP) is 4.14. The molecule has 4 aromatic rings. The number of amides is 2. The van der Waals surface area contributed by atoms with Gasteiger partial charge in [0.25, 0.3) is 5.91 Å². The zero-order chi connectivity index (χ0) is 26.0. The van der Waals surface area contributed by atoms with Crippen molar-refractivity contribution in [2.75, 3.05) is 18.5 Å².